The van der Waals surface area contributed by atoms with E-state index in [0.29, 0.717) is 12.1 Å². The number of aromatic nitrogens is 4. The second kappa shape index (κ2) is 6.07. The Morgan fingerprint density at radius 2 is 2.26 bits per heavy atom. The molecule has 0 aromatic carbocycles. The quantitative estimate of drug-likeness (QED) is 0.879. The van der Waals surface area contributed by atoms with Crippen LogP contribution >= 0.6 is 0 Å². The molecule has 4 heterocycles. The number of nitrogens with one attached hydrogen (secondary N) is 1. The third-order valence-electron chi connectivity index (χ3n) is 4.90. The van der Waals surface area contributed by atoms with Gasteiger partial charge in [-0.2, -0.15) is 0 Å². The Balaban J connectivity index is 1.52. The van der Waals surface area contributed by atoms with Crippen molar-refractivity contribution in [2.24, 2.45) is 0 Å². The van der Waals surface area contributed by atoms with Crippen molar-refractivity contribution in [2.75, 3.05) is 26.3 Å². The van der Waals surface area contributed by atoms with Gasteiger partial charge >= 0.3 is 0 Å². The van der Waals surface area contributed by atoms with Crippen LogP contribution in [0.3, 0.4) is 0 Å². The van der Waals surface area contributed by atoms with Crippen molar-refractivity contribution in [2.45, 2.75) is 38.0 Å². The summed E-state index contributed by atoms with van der Waals surface area (Å²) in [7, 11) is 0. The normalized spacial score (nSPS) is 28.2. The fourth-order valence-corrected chi connectivity index (χ4v) is 3.75. The van der Waals surface area contributed by atoms with E-state index in [0.717, 1.165) is 49.9 Å². The highest BCUT2D eigenvalue weighted by Crippen LogP contribution is 2.33. The maximum Gasteiger partial charge on any atom is 0.176 e. The second-order valence-electron chi connectivity index (χ2n) is 6.54. The van der Waals surface area contributed by atoms with E-state index in [9.17, 15) is 0 Å². The molecule has 0 aliphatic carbocycles. The van der Waals surface area contributed by atoms with Crippen molar-refractivity contribution in [1.82, 2.24) is 24.4 Å². The Morgan fingerprint density at radius 1 is 1.35 bits per heavy atom. The molecule has 2 aliphatic heterocycles. The summed E-state index contributed by atoms with van der Waals surface area (Å²) in [5.74, 6) is 1.72. The molecule has 7 nitrogen and oxygen atoms in total. The predicted molar refractivity (Wildman–Crippen MR) is 85.0 cm³/mol. The van der Waals surface area contributed by atoms with Gasteiger partial charge in [-0.1, -0.05) is 0 Å². The smallest absolute Gasteiger partial charge is 0.176 e. The minimum Gasteiger partial charge on any atom is -0.396 e. The molecule has 0 saturated carbocycles. The van der Waals surface area contributed by atoms with E-state index in [4.69, 9.17) is 9.84 Å². The van der Waals surface area contributed by atoms with Gasteiger partial charge in [0.2, 0.25) is 0 Å². The van der Waals surface area contributed by atoms with Gasteiger partial charge in [-0.05, 0) is 19.8 Å². The van der Waals surface area contributed by atoms with Crippen molar-refractivity contribution >= 4 is 0 Å². The van der Waals surface area contributed by atoms with Gasteiger partial charge in [0, 0.05) is 56.1 Å². The topological polar surface area (TPSA) is 79.2 Å². The van der Waals surface area contributed by atoms with Gasteiger partial charge in [0.1, 0.15) is 0 Å². The Bertz CT molecular complexity index is 667. The highest BCUT2D eigenvalue weighted by atomic mass is 16.5. The van der Waals surface area contributed by atoms with Gasteiger partial charge in [0.05, 0.1) is 12.7 Å². The maximum absolute atomic E-state index is 9.10. The molecule has 0 unspecified atom stereocenters. The Hall–Kier alpha value is -1.70. The number of fused-ring (bicyclic) bond motifs is 1. The van der Waals surface area contributed by atoms with E-state index in [2.05, 4.69) is 24.4 Å². The number of nitrogens with zero attached hydrogens (tertiary/aromatic N) is 4. The SMILES string of the molecule is Cc1cnc(-c2nccn2[C@H]2C[C@H]3CO[C@@H](CCO)CN3C2)[nH]1. The first-order valence-corrected chi connectivity index (χ1v) is 8.26. The number of imidazole rings is 2. The number of morpholine rings is 1. The summed E-state index contributed by atoms with van der Waals surface area (Å²) in [4.78, 5) is 14.7. The van der Waals surface area contributed by atoms with Gasteiger partial charge in [-0.25, -0.2) is 9.97 Å². The lowest BCUT2D eigenvalue weighted by Crippen LogP contribution is -2.46. The van der Waals surface area contributed by atoms with Crippen LogP contribution in [0.15, 0.2) is 18.6 Å². The summed E-state index contributed by atoms with van der Waals surface area (Å²) in [5.41, 5.74) is 1.04. The van der Waals surface area contributed by atoms with Crippen molar-refractivity contribution in [3.05, 3.63) is 24.3 Å². The van der Waals surface area contributed by atoms with Crippen LogP contribution in [0.2, 0.25) is 0 Å². The predicted octanol–water partition coefficient (Wildman–Crippen LogP) is 0.978. The number of aryl methyl sites for hydroxylation is 1. The molecule has 3 atom stereocenters. The first kappa shape index (κ1) is 14.9. The molecule has 124 valence electrons. The maximum atomic E-state index is 9.10. The van der Waals surface area contributed by atoms with Crippen molar-refractivity contribution in [3.63, 3.8) is 0 Å². The molecule has 2 aromatic rings. The van der Waals surface area contributed by atoms with E-state index in [-0.39, 0.29) is 12.7 Å². The molecule has 0 radical (unpaired) electrons. The van der Waals surface area contributed by atoms with Gasteiger partial charge in [-0.3, -0.25) is 4.90 Å². The summed E-state index contributed by atoms with van der Waals surface area (Å²) < 4.78 is 8.10. The zero-order valence-electron chi connectivity index (χ0n) is 13.4. The fourth-order valence-electron chi connectivity index (χ4n) is 3.75. The lowest BCUT2D eigenvalue weighted by Gasteiger charge is -2.34. The number of ether oxygens (including phenoxy) is 1. The molecule has 2 saturated heterocycles. The summed E-state index contributed by atoms with van der Waals surface area (Å²) in [6.45, 7) is 4.85. The standard InChI is InChI=1S/C16H23N5O2/c1-11-7-18-15(19-11)16-17-3-4-21(16)12-6-13-10-23-14(2-5-22)9-20(13)8-12/h3-4,7,12-14,22H,2,5-6,8-10H2,1H3,(H,18,19)/t12-,13-,14-/m0/s1. The third-order valence-corrected chi connectivity index (χ3v) is 4.90. The van der Waals surface area contributed by atoms with Gasteiger partial charge in [0.15, 0.2) is 11.6 Å². The molecule has 23 heavy (non-hydrogen) atoms. The summed E-state index contributed by atoms with van der Waals surface area (Å²) in [6.07, 6.45) is 7.66. The fraction of sp³-hybridized carbons (Fsp3) is 0.625. The van der Waals surface area contributed by atoms with Crippen LogP contribution in [-0.4, -0.2) is 68.0 Å². The number of aliphatic hydroxyl groups is 1. The number of hydrogen-bond acceptors (Lipinski definition) is 5. The average molecular weight is 317 g/mol. The summed E-state index contributed by atoms with van der Waals surface area (Å²) in [5, 5.41) is 9.10. The zero-order valence-corrected chi connectivity index (χ0v) is 13.4. The number of H-pyrrole nitrogens is 1. The molecule has 0 amide bonds. The van der Waals surface area contributed by atoms with Crippen LogP contribution in [0.1, 0.15) is 24.6 Å². The molecule has 7 heteroatoms. The van der Waals surface area contributed by atoms with E-state index in [1.807, 2.05) is 25.5 Å². The van der Waals surface area contributed by atoms with Crippen LogP contribution in [0.4, 0.5) is 0 Å². The van der Waals surface area contributed by atoms with E-state index in [1.165, 1.54) is 0 Å². The minimum atomic E-state index is 0.157. The molecule has 0 bridgehead atoms. The van der Waals surface area contributed by atoms with Crippen molar-refractivity contribution in [3.8, 4) is 11.6 Å². The molecule has 2 fully saturated rings. The van der Waals surface area contributed by atoms with Gasteiger partial charge in [-0.15, -0.1) is 0 Å². The monoisotopic (exact) mass is 317 g/mol. The lowest BCUT2D eigenvalue weighted by molar-refractivity contribution is -0.0567. The number of hydrogen-bond donors (Lipinski definition) is 2. The third kappa shape index (κ3) is 2.80. The highest BCUT2D eigenvalue weighted by Gasteiger charge is 2.38. The molecule has 2 N–H and O–H groups in total. The molecular formula is C16H23N5O2. The van der Waals surface area contributed by atoms with Gasteiger partial charge in [0.25, 0.3) is 0 Å². The largest absolute Gasteiger partial charge is 0.396 e. The highest BCUT2D eigenvalue weighted by molar-refractivity contribution is 5.44. The Morgan fingerprint density at radius 3 is 3.04 bits per heavy atom. The number of aromatic amines is 1. The van der Waals surface area contributed by atoms with Gasteiger partial charge < -0.3 is 19.4 Å². The van der Waals surface area contributed by atoms with E-state index in [1.54, 1.807) is 0 Å². The van der Waals surface area contributed by atoms with Crippen LogP contribution < -0.4 is 0 Å². The summed E-state index contributed by atoms with van der Waals surface area (Å²) >= 11 is 0. The van der Waals surface area contributed by atoms with Crippen LogP contribution in [0, 0.1) is 6.92 Å². The molecule has 0 spiro atoms. The molecular weight excluding hydrogens is 294 g/mol. The Labute approximate surface area is 135 Å². The molecule has 2 aromatic heterocycles. The second-order valence-corrected chi connectivity index (χ2v) is 6.54. The number of aliphatic hydroxyl groups excluding tert-OH is 1. The van der Waals surface area contributed by atoms with Crippen LogP contribution in [-0.2, 0) is 4.74 Å². The lowest BCUT2D eigenvalue weighted by atomic mass is 10.1. The molecule has 2 aliphatic rings. The van der Waals surface area contributed by atoms with Crippen molar-refractivity contribution in [1.29, 1.82) is 0 Å². The van der Waals surface area contributed by atoms with E-state index >= 15 is 0 Å². The number of rotatable bonds is 4. The Kier molecular flexibility index (Phi) is 3.92. The zero-order chi connectivity index (χ0) is 15.8. The van der Waals surface area contributed by atoms with Crippen LogP contribution in [0.5, 0.6) is 0 Å². The summed E-state index contributed by atoms with van der Waals surface area (Å²) in [6, 6.07) is 0.850. The van der Waals surface area contributed by atoms with Crippen LogP contribution in [0.25, 0.3) is 11.6 Å². The first-order chi connectivity index (χ1) is 11.2. The van der Waals surface area contributed by atoms with Crippen molar-refractivity contribution < 1.29 is 9.84 Å². The first-order valence-electron chi connectivity index (χ1n) is 8.26. The van der Waals surface area contributed by atoms with E-state index < -0.39 is 0 Å². The molecule has 4 rings (SSSR count). The minimum absolute atomic E-state index is 0.157. The average Bonchev–Trinajstić information content (AvgIpc) is 3.24.